The number of rotatable bonds is 4. The number of anilines is 1. The maximum absolute atomic E-state index is 9.92. The van der Waals surface area contributed by atoms with Crippen LogP contribution in [0.4, 0.5) is 5.82 Å². The average molecular weight is 437 g/mol. The van der Waals surface area contributed by atoms with E-state index in [2.05, 4.69) is 58.2 Å². The highest BCUT2D eigenvalue weighted by Crippen LogP contribution is 2.33. The van der Waals surface area contributed by atoms with Crippen molar-refractivity contribution in [3.05, 3.63) is 47.5 Å². The van der Waals surface area contributed by atoms with Crippen LogP contribution in [0.15, 0.2) is 36.4 Å². The molecule has 2 N–H and O–H groups in total. The second kappa shape index (κ2) is 8.03. The maximum atomic E-state index is 9.92. The number of hydrogen-bond acceptors (Lipinski definition) is 7. The molecule has 0 unspecified atom stereocenters. The van der Waals surface area contributed by atoms with Crippen molar-refractivity contribution in [3.63, 3.8) is 0 Å². The highest BCUT2D eigenvalue weighted by atomic mass is 16.6. The van der Waals surface area contributed by atoms with E-state index < -0.39 is 6.10 Å². The number of benzene rings is 1. The number of piperidine rings is 1. The van der Waals surface area contributed by atoms with E-state index in [4.69, 9.17) is 19.2 Å². The molecule has 3 fully saturated rings. The van der Waals surface area contributed by atoms with E-state index in [0.717, 1.165) is 42.8 Å². The zero-order chi connectivity index (χ0) is 21.7. The monoisotopic (exact) mass is 436 g/mol. The van der Waals surface area contributed by atoms with Crippen molar-refractivity contribution in [3.8, 4) is 6.01 Å². The van der Waals surface area contributed by atoms with Crippen molar-refractivity contribution in [1.29, 1.82) is 0 Å². The van der Waals surface area contributed by atoms with Crippen LogP contribution in [0.1, 0.15) is 29.9 Å². The number of aliphatic hydroxyl groups excluding tert-OH is 1. The zero-order valence-corrected chi connectivity index (χ0v) is 18.1. The van der Waals surface area contributed by atoms with Crippen LogP contribution in [-0.4, -0.2) is 70.8 Å². The van der Waals surface area contributed by atoms with Gasteiger partial charge in [-0.15, -0.1) is 0 Å². The number of aromatic amines is 1. The van der Waals surface area contributed by atoms with Gasteiger partial charge in [0.05, 0.1) is 18.7 Å². The number of nitrogens with one attached hydrogen (secondary N) is 1. The second-order valence-corrected chi connectivity index (χ2v) is 9.03. The number of nitrogens with zero attached hydrogens (tertiary/aromatic N) is 3. The van der Waals surface area contributed by atoms with Crippen molar-refractivity contribution in [2.45, 2.75) is 50.1 Å². The molecule has 2 aromatic heterocycles. The molecule has 8 nitrogen and oxygen atoms in total. The van der Waals surface area contributed by atoms with E-state index in [1.807, 2.05) is 0 Å². The number of aryl methyl sites for hydroxylation is 1. The predicted molar refractivity (Wildman–Crippen MR) is 119 cm³/mol. The van der Waals surface area contributed by atoms with Gasteiger partial charge in [-0.05, 0) is 42.9 Å². The number of imidazole rings is 1. The molecule has 32 heavy (non-hydrogen) atoms. The number of aliphatic hydroxyl groups is 1. The number of H-pyrrole nitrogens is 1. The molecule has 0 spiro atoms. The van der Waals surface area contributed by atoms with Crippen molar-refractivity contribution < 1.29 is 19.3 Å². The summed E-state index contributed by atoms with van der Waals surface area (Å²) in [6.07, 6.45) is 0.754. The molecule has 6 rings (SSSR count). The summed E-state index contributed by atoms with van der Waals surface area (Å²) < 4.78 is 17.3. The Balaban J connectivity index is 1.17. The van der Waals surface area contributed by atoms with Gasteiger partial charge in [-0.25, -0.2) is 4.98 Å². The summed E-state index contributed by atoms with van der Waals surface area (Å²) in [5.41, 5.74) is 4.05. The van der Waals surface area contributed by atoms with Crippen molar-refractivity contribution >= 4 is 17.0 Å². The summed E-state index contributed by atoms with van der Waals surface area (Å²) in [5.74, 6) is 1.60. The SMILES string of the molecule is Cc1cc2[nH]c(O[C@@H]3CO[C@H]4[C@@H]3OC[C@H]4O)nc2nc1N1CCC(c2ccccc2)CC1. The fourth-order valence-corrected chi connectivity index (χ4v) is 5.23. The van der Waals surface area contributed by atoms with E-state index >= 15 is 0 Å². The van der Waals surface area contributed by atoms with Crippen LogP contribution in [-0.2, 0) is 9.47 Å². The van der Waals surface area contributed by atoms with Crippen LogP contribution in [0, 0.1) is 6.92 Å². The number of hydrogen-bond donors (Lipinski definition) is 2. The van der Waals surface area contributed by atoms with Gasteiger partial charge in [0.25, 0.3) is 6.01 Å². The van der Waals surface area contributed by atoms with Gasteiger partial charge in [-0.3, -0.25) is 0 Å². The first-order valence-electron chi connectivity index (χ1n) is 11.4. The van der Waals surface area contributed by atoms with E-state index in [0.29, 0.717) is 24.2 Å². The molecule has 168 valence electrons. The normalized spacial score (nSPS) is 28.4. The van der Waals surface area contributed by atoms with E-state index in [9.17, 15) is 5.11 Å². The summed E-state index contributed by atoms with van der Waals surface area (Å²) in [4.78, 5) is 15.0. The molecular formula is C24H28N4O4. The van der Waals surface area contributed by atoms with Gasteiger partial charge in [0.2, 0.25) is 0 Å². The lowest BCUT2D eigenvalue weighted by Crippen LogP contribution is -2.34. The molecular weight excluding hydrogens is 408 g/mol. The molecule has 1 aromatic carbocycles. The molecule has 4 atom stereocenters. The lowest BCUT2D eigenvalue weighted by Gasteiger charge is -2.33. The van der Waals surface area contributed by atoms with E-state index in [1.54, 1.807) is 0 Å². The minimum Gasteiger partial charge on any atom is -0.456 e. The summed E-state index contributed by atoms with van der Waals surface area (Å²) in [6.45, 7) is 4.71. The largest absolute Gasteiger partial charge is 0.456 e. The summed E-state index contributed by atoms with van der Waals surface area (Å²) >= 11 is 0. The fraction of sp³-hybridized carbons (Fsp3) is 0.500. The molecule has 0 amide bonds. The zero-order valence-electron chi connectivity index (χ0n) is 18.1. The second-order valence-electron chi connectivity index (χ2n) is 9.03. The Kier molecular flexibility index (Phi) is 5.01. The predicted octanol–water partition coefficient (Wildman–Crippen LogP) is 2.56. The van der Waals surface area contributed by atoms with Gasteiger partial charge in [0.1, 0.15) is 24.1 Å². The Morgan fingerprint density at radius 3 is 2.66 bits per heavy atom. The lowest BCUT2D eigenvalue weighted by molar-refractivity contribution is 0.00706. The van der Waals surface area contributed by atoms with Gasteiger partial charge in [-0.1, -0.05) is 30.3 Å². The fourth-order valence-electron chi connectivity index (χ4n) is 5.23. The smallest absolute Gasteiger partial charge is 0.296 e. The first-order chi connectivity index (χ1) is 15.7. The van der Waals surface area contributed by atoms with Crippen LogP contribution < -0.4 is 9.64 Å². The van der Waals surface area contributed by atoms with E-state index in [-0.39, 0.29) is 24.9 Å². The highest BCUT2D eigenvalue weighted by Gasteiger charge is 2.48. The summed E-state index contributed by atoms with van der Waals surface area (Å²) in [7, 11) is 0. The first kappa shape index (κ1) is 20.0. The quantitative estimate of drug-likeness (QED) is 0.649. The average Bonchev–Trinajstić information content (AvgIpc) is 3.51. The van der Waals surface area contributed by atoms with Crippen molar-refractivity contribution in [2.24, 2.45) is 0 Å². The molecule has 3 aliphatic heterocycles. The third-order valence-electron chi connectivity index (χ3n) is 6.93. The van der Waals surface area contributed by atoms with Gasteiger partial charge in [0, 0.05) is 13.1 Å². The minimum atomic E-state index is -0.595. The van der Waals surface area contributed by atoms with Crippen molar-refractivity contribution in [2.75, 3.05) is 31.2 Å². The molecule has 0 aliphatic carbocycles. The van der Waals surface area contributed by atoms with Crippen LogP contribution in [0.3, 0.4) is 0 Å². The topological polar surface area (TPSA) is 92.7 Å². The molecule has 3 saturated heterocycles. The van der Waals surface area contributed by atoms with Gasteiger partial charge in [0.15, 0.2) is 11.8 Å². The number of ether oxygens (including phenoxy) is 3. The molecule has 0 saturated carbocycles. The van der Waals surface area contributed by atoms with Crippen molar-refractivity contribution in [1.82, 2.24) is 15.0 Å². The standard InChI is InChI=1S/C24H28N4O4/c1-14-11-17-22(27-24(25-17)32-19-13-31-20-18(29)12-30-21(19)20)26-23(14)28-9-7-16(8-10-28)15-5-3-2-4-6-15/h2-6,11,16,18-21,29H,7-10,12-13H2,1H3,(H,25,26,27)/t18-,19-,20-,21-/m1/s1. The van der Waals surface area contributed by atoms with E-state index in [1.165, 1.54) is 5.56 Å². The summed E-state index contributed by atoms with van der Waals surface area (Å²) in [6, 6.07) is 13.3. The number of pyridine rings is 1. The van der Waals surface area contributed by atoms with Gasteiger partial charge in [-0.2, -0.15) is 4.98 Å². The Bertz CT molecular complexity index is 1100. The van der Waals surface area contributed by atoms with Crippen LogP contribution in [0.2, 0.25) is 0 Å². The third-order valence-corrected chi connectivity index (χ3v) is 6.93. The maximum Gasteiger partial charge on any atom is 0.296 e. The first-order valence-corrected chi connectivity index (χ1v) is 11.4. The third kappa shape index (κ3) is 3.52. The molecule has 3 aromatic rings. The Morgan fingerprint density at radius 1 is 1.06 bits per heavy atom. The van der Waals surface area contributed by atoms with Crippen LogP contribution in [0.25, 0.3) is 11.2 Å². The Labute approximate surface area is 186 Å². The van der Waals surface area contributed by atoms with Crippen LogP contribution in [0.5, 0.6) is 6.01 Å². The highest BCUT2D eigenvalue weighted by molar-refractivity contribution is 5.75. The molecule has 0 radical (unpaired) electrons. The molecule has 5 heterocycles. The number of aromatic nitrogens is 3. The molecule has 3 aliphatic rings. The van der Waals surface area contributed by atoms with Crippen LogP contribution >= 0.6 is 0 Å². The Morgan fingerprint density at radius 2 is 1.84 bits per heavy atom. The van der Waals surface area contributed by atoms with Gasteiger partial charge < -0.3 is 29.2 Å². The number of fused-ring (bicyclic) bond motifs is 2. The van der Waals surface area contributed by atoms with Gasteiger partial charge >= 0.3 is 0 Å². The molecule has 8 heteroatoms. The Hall–Kier alpha value is -2.68. The summed E-state index contributed by atoms with van der Waals surface area (Å²) in [5, 5.41) is 9.92. The lowest BCUT2D eigenvalue weighted by atomic mass is 9.89. The molecule has 0 bridgehead atoms. The minimum absolute atomic E-state index is 0.269.